The summed E-state index contributed by atoms with van der Waals surface area (Å²) in [5.41, 5.74) is 7.63. The zero-order valence-electron chi connectivity index (χ0n) is 13.0. The second kappa shape index (κ2) is 8.73. The molecule has 0 radical (unpaired) electrons. The monoisotopic (exact) mass is 343 g/mol. The minimum Gasteiger partial charge on any atom is -0.497 e. The predicted molar refractivity (Wildman–Crippen MR) is 96.9 cm³/mol. The average Bonchev–Trinajstić information content (AvgIpc) is 2.60. The fraction of sp³-hybridized carbons (Fsp3) is 0.118. The summed E-state index contributed by atoms with van der Waals surface area (Å²) in [7, 11) is 1.47. The van der Waals surface area contributed by atoms with Crippen LogP contribution < -0.4 is 10.5 Å². The van der Waals surface area contributed by atoms with Crippen molar-refractivity contribution in [1.29, 1.82) is 0 Å². The third-order valence-electron chi connectivity index (χ3n) is 3.00. The maximum atomic E-state index is 11.1. The highest BCUT2D eigenvalue weighted by Gasteiger charge is 2.06. The van der Waals surface area contributed by atoms with Gasteiger partial charge in [-0.05, 0) is 29.3 Å². The quantitative estimate of drug-likeness (QED) is 0.477. The third-order valence-corrected chi connectivity index (χ3v) is 3.86. The van der Waals surface area contributed by atoms with Crippen molar-refractivity contribution in [2.24, 2.45) is 15.9 Å². The number of amidine groups is 1. The van der Waals surface area contributed by atoms with E-state index in [0.717, 1.165) is 5.56 Å². The lowest BCUT2D eigenvalue weighted by atomic mass is 10.1. The van der Waals surface area contributed by atoms with Gasteiger partial charge in [-0.3, -0.25) is 0 Å². The first-order chi connectivity index (χ1) is 11.6. The molecule has 0 heterocycles. The van der Waals surface area contributed by atoms with E-state index in [2.05, 4.69) is 10.2 Å². The van der Waals surface area contributed by atoms with Gasteiger partial charge in [-0.2, -0.15) is 5.10 Å². The van der Waals surface area contributed by atoms with Gasteiger partial charge >= 0.3 is 5.97 Å². The Morgan fingerprint density at radius 1 is 1.29 bits per heavy atom. The molecule has 24 heavy (non-hydrogen) atoms. The summed E-state index contributed by atoms with van der Waals surface area (Å²) in [6.45, 7) is 0. The van der Waals surface area contributed by atoms with Gasteiger partial charge in [0.05, 0.1) is 18.9 Å². The Morgan fingerprint density at radius 2 is 2.04 bits per heavy atom. The van der Waals surface area contributed by atoms with Crippen molar-refractivity contribution in [3.63, 3.8) is 0 Å². The molecule has 7 heteroatoms. The maximum Gasteiger partial charge on any atom is 0.335 e. The Labute approximate surface area is 144 Å². The van der Waals surface area contributed by atoms with Crippen molar-refractivity contribution < 1.29 is 14.6 Å². The number of carbonyl (C=O) groups is 1. The maximum absolute atomic E-state index is 11.1. The van der Waals surface area contributed by atoms with Crippen LogP contribution in [0.15, 0.2) is 58.7 Å². The van der Waals surface area contributed by atoms with E-state index in [0.29, 0.717) is 22.2 Å². The number of nitrogens with zero attached hydrogens (tertiary/aromatic N) is 2. The van der Waals surface area contributed by atoms with Crippen LogP contribution in [0.4, 0.5) is 0 Å². The number of hydrogen-bond donors (Lipinski definition) is 2. The third kappa shape index (κ3) is 5.44. The van der Waals surface area contributed by atoms with Crippen molar-refractivity contribution in [1.82, 2.24) is 0 Å². The van der Waals surface area contributed by atoms with Gasteiger partial charge in [-0.25, -0.2) is 4.79 Å². The summed E-state index contributed by atoms with van der Waals surface area (Å²) in [5, 5.41) is 17.2. The van der Waals surface area contributed by atoms with Crippen LogP contribution in [-0.2, 0) is 5.75 Å². The number of thioether (sulfide) groups is 1. The molecular formula is C17H17N3O3S. The Kier molecular flexibility index (Phi) is 6.39. The van der Waals surface area contributed by atoms with Crippen LogP contribution in [0.3, 0.4) is 0 Å². The molecule has 3 N–H and O–H groups in total. The first-order valence-corrected chi connectivity index (χ1v) is 8.02. The molecule has 0 aliphatic carbocycles. The normalized spacial score (nSPS) is 11.6. The molecule has 2 aromatic carbocycles. The second-order valence-corrected chi connectivity index (χ2v) is 5.75. The molecule has 0 atom stereocenters. The number of benzene rings is 2. The van der Waals surface area contributed by atoms with Crippen molar-refractivity contribution in [3.05, 3.63) is 65.2 Å². The molecule has 0 fully saturated rings. The first kappa shape index (κ1) is 17.6. The lowest BCUT2D eigenvalue weighted by molar-refractivity contribution is 0.0696. The fourth-order valence-corrected chi connectivity index (χ4v) is 2.46. The van der Waals surface area contributed by atoms with Gasteiger partial charge in [0.15, 0.2) is 5.17 Å². The summed E-state index contributed by atoms with van der Waals surface area (Å²) in [6.07, 6.45) is 1.44. The summed E-state index contributed by atoms with van der Waals surface area (Å²) in [5.74, 6) is 0.102. The van der Waals surface area contributed by atoms with Crippen LogP contribution in [0.2, 0.25) is 0 Å². The van der Waals surface area contributed by atoms with E-state index in [9.17, 15) is 4.79 Å². The summed E-state index contributed by atoms with van der Waals surface area (Å²) >= 11 is 1.38. The lowest BCUT2D eigenvalue weighted by Crippen LogP contribution is -2.06. The molecule has 6 nitrogen and oxygen atoms in total. The topological polar surface area (TPSA) is 97.3 Å². The van der Waals surface area contributed by atoms with E-state index >= 15 is 0 Å². The lowest BCUT2D eigenvalue weighted by Gasteiger charge is -2.03. The molecule has 0 amide bonds. The van der Waals surface area contributed by atoms with Crippen LogP contribution in [0.25, 0.3) is 0 Å². The first-order valence-electron chi connectivity index (χ1n) is 7.04. The summed E-state index contributed by atoms with van der Waals surface area (Å²) in [6, 6.07) is 14.5. The van der Waals surface area contributed by atoms with Crippen molar-refractivity contribution >= 4 is 29.1 Å². The van der Waals surface area contributed by atoms with E-state index in [1.807, 2.05) is 30.3 Å². The SMILES string of the molecule is COc1cc(C=NN=C(N)SCc2ccccc2)cc(C(=O)O)c1. The number of nitrogens with two attached hydrogens (primary N) is 1. The summed E-state index contributed by atoms with van der Waals surface area (Å²) < 4.78 is 5.07. The summed E-state index contributed by atoms with van der Waals surface area (Å²) in [4.78, 5) is 11.1. The van der Waals surface area contributed by atoms with Gasteiger partial charge in [0.25, 0.3) is 0 Å². The molecule has 0 aliphatic rings. The molecule has 0 unspecified atom stereocenters. The average molecular weight is 343 g/mol. The van der Waals surface area contributed by atoms with E-state index in [1.165, 1.54) is 37.2 Å². The molecule has 0 bridgehead atoms. The van der Waals surface area contributed by atoms with Gasteiger partial charge in [0.1, 0.15) is 5.75 Å². The van der Waals surface area contributed by atoms with Gasteiger partial charge in [0.2, 0.25) is 0 Å². The van der Waals surface area contributed by atoms with Crippen LogP contribution in [0.5, 0.6) is 5.75 Å². The van der Waals surface area contributed by atoms with Crippen LogP contribution >= 0.6 is 11.8 Å². The van der Waals surface area contributed by atoms with E-state index in [4.69, 9.17) is 15.6 Å². The molecule has 0 saturated carbocycles. The van der Waals surface area contributed by atoms with Crippen LogP contribution in [0, 0.1) is 0 Å². The Bertz CT molecular complexity index is 761. The van der Waals surface area contributed by atoms with Crippen molar-refractivity contribution in [2.75, 3.05) is 7.11 Å². The Morgan fingerprint density at radius 3 is 2.71 bits per heavy atom. The highest BCUT2D eigenvalue weighted by Crippen LogP contribution is 2.16. The Balaban J connectivity index is 2.01. The zero-order valence-corrected chi connectivity index (χ0v) is 13.9. The van der Waals surface area contributed by atoms with E-state index in [-0.39, 0.29) is 5.56 Å². The highest BCUT2D eigenvalue weighted by atomic mass is 32.2. The van der Waals surface area contributed by atoms with Gasteiger partial charge in [-0.1, -0.05) is 42.1 Å². The van der Waals surface area contributed by atoms with E-state index < -0.39 is 5.97 Å². The number of hydrogen-bond acceptors (Lipinski definition) is 5. The number of aromatic carboxylic acids is 1. The van der Waals surface area contributed by atoms with Gasteiger partial charge < -0.3 is 15.6 Å². The standard InChI is InChI=1S/C17H17N3O3S/c1-23-15-8-13(7-14(9-15)16(21)22)10-19-20-17(18)24-11-12-5-3-2-4-6-12/h2-10H,11H2,1H3,(H2,18,20)(H,21,22). The molecule has 2 aromatic rings. The zero-order chi connectivity index (χ0) is 17.4. The second-order valence-electron chi connectivity index (χ2n) is 4.76. The molecule has 124 valence electrons. The van der Waals surface area contributed by atoms with Crippen molar-refractivity contribution in [3.8, 4) is 5.75 Å². The molecular weight excluding hydrogens is 326 g/mol. The number of carboxylic acid groups (broad SMARTS) is 1. The fourth-order valence-electron chi connectivity index (χ4n) is 1.85. The van der Waals surface area contributed by atoms with Crippen LogP contribution in [0.1, 0.15) is 21.5 Å². The molecule has 0 aromatic heterocycles. The van der Waals surface area contributed by atoms with Crippen molar-refractivity contribution in [2.45, 2.75) is 5.75 Å². The number of rotatable bonds is 6. The molecule has 2 rings (SSSR count). The van der Waals surface area contributed by atoms with Crippen LogP contribution in [-0.4, -0.2) is 29.6 Å². The molecule has 0 saturated heterocycles. The van der Waals surface area contributed by atoms with Gasteiger partial charge in [-0.15, -0.1) is 5.10 Å². The number of methoxy groups -OCH3 is 1. The minimum absolute atomic E-state index is 0.117. The number of carboxylic acids is 1. The smallest absolute Gasteiger partial charge is 0.335 e. The van der Waals surface area contributed by atoms with Gasteiger partial charge in [0, 0.05) is 5.75 Å². The Hall–Kier alpha value is -2.80. The highest BCUT2D eigenvalue weighted by molar-refractivity contribution is 8.13. The minimum atomic E-state index is -1.04. The molecule has 0 spiro atoms. The predicted octanol–water partition coefficient (Wildman–Crippen LogP) is 2.98. The molecule has 0 aliphatic heterocycles. The van der Waals surface area contributed by atoms with E-state index in [1.54, 1.807) is 6.07 Å². The largest absolute Gasteiger partial charge is 0.497 e. The number of ether oxygens (including phenoxy) is 1.